The molecule has 0 fully saturated rings. The van der Waals surface area contributed by atoms with Gasteiger partial charge in [-0.05, 0) is 89.5 Å². The van der Waals surface area contributed by atoms with E-state index in [1.54, 1.807) is 43.5 Å². The molecule has 198 valence electrons. The number of aryl methyl sites for hydroxylation is 2. The van der Waals surface area contributed by atoms with Crippen LogP contribution in [0.3, 0.4) is 0 Å². The van der Waals surface area contributed by atoms with Gasteiger partial charge in [-0.15, -0.1) is 0 Å². The highest BCUT2D eigenvalue weighted by Gasteiger charge is 2.16. The summed E-state index contributed by atoms with van der Waals surface area (Å²) >= 11 is 2.04. The standard InChI is InChI=1S/C27H27IN4O6/c1-16-6-5-7-17(2)24(16)31-26(34)27(35)32-29-14-18-12-21(28)25(22(13-18)37-4)38-15-23(33)30-19-8-10-20(36-3)11-9-19/h5-14H,15H2,1-4H3,(H,30,33)(H,31,34)(H,32,35)/b29-14-. The normalized spacial score (nSPS) is 10.6. The number of carbonyl (C=O) groups is 3. The van der Waals surface area contributed by atoms with Crippen LogP contribution in [-0.2, 0) is 14.4 Å². The molecule has 3 aromatic carbocycles. The summed E-state index contributed by atoms with van der Waals surface area (Å²) in [5.41, 5.74) is 5.68. The van der Waals surface area contributed by atoms with Gasteiger partial charge in [0.15, 0.2) is 18.1 Å². The number of halogens is 1. The quantitative estimate of drug-likeness (QED) is 0.142. The second-order valence-electron chi connectivity index (χ2n) is 8.02. The molecule has 0 radical (unpaired) electrons. The van der Waals surface area contributed by atoms with E-state index in [1.165, 1.54) is 13.3 Å². The monoisotopic (exact) mass is 630 g/mol. The summed E-state index contributed by atoms with van der Waals surface area (Å²) < 4.78 is 16.9. The van der Waals surface area contributed by atoms with Crippen molar-refractivity contribution in [2.45, 2.75) is 13.8 Å². The van der Waals surface area contributed by atoms with Gasteiger partial charge < -0.3 is 24.8 Å². The summed E-state index contributed by atoms with van der Waals surface area (Å²) in [6.07, 6.45) is 1.37. The number of anilines is 2. The average molecular weight is 630 g/mol. The van der Waals surface area contributed by atoms with Crippen LogP contribution >= 0.6 is 22.6 Å². The van der Waals surface area contributed by atoms with Crippen molar-refractivity contribution in [1.29, 1.82) is 0 Å². The number of hydrazone groups is 1. The molecule has 3 N–H and O–H groups in total. The lowest BCUT2D eigenvalue weighted by Crippen LogP contribution is -2.32. The summed E-state index contributed by atoms with van der Waals surface area (Å²) in [5, 5.41) is 9.22. The van der Waals surface area contributed by atoms with Gasteiger partial charge in [0.1, 0.15) is 5.75 Å². The molecule has 0 aliphatic heterocycles. The molecule has 3 amide bonds. The highest BCUT2D eigenvalue weighted by molar-refractivity contribution is 14.1. The van der Waals surface area contributed by atoms with Crippen LogP contribution in [0.2, 0.25) is 0 Å². The van der Waals surface area contributed by atoms with Gasteiger partial charge in [-0.1, -0.05) is 18.2 Å². The molecule has 0 bridgehead atoms. The second kappa shape index (κ2) is 13.4. The van der Waals surface area contributed by atoms with Gasteiger partial charge in [0.25, 0.3) is 5.91 Å². The lowest BCUT2D eigenvalue weighted by Gasteiger charge is -2.13. The minimum atomic E-state index is -0.909. The number of hydrogen-bond donors (Lipinski definition) is 3. The van der Waals surface area contributed by atoms with Gasteiger partial charge >= 0.3 is 11.8 Å². The topological polar surface area (TPSA) is 127 Å². The molecule has 0 aliphatic carbocycles. The summed E-state index contributed by atoms with van der Waals surface area (Å²) in [4.78, 5) is 36.8. The zero-order chi connectivity index (χ0) is 27.7. The maximum Gasteiger partial charge on any atom is 0.329 e. The number of benzene rings is 3. The third-order valence-corrected chi connectivity index (χ3v) is 6.08. The average Bonchev–Trinajstić information content (AvgIpc) is 2.90. The maximum absolute atomic E-state index is 12.3. The molecular weight excluding hydrogens is 603 g/mol. The van der Waals surface area contributed by atoms with Gasteiger partial charge in [0, 0.05) is 11.4 Å². The van der Waals surface area contributed by atoms with E-state index < -0.39 is 11.8 Å². The van der Waals surface area contributed by atoms with Crippen molar-refractivity contribution in [2.24, 2.45) is 5.10 Å². The van der Waals surface area contributed by atoms with Crippen LogP contribution in [0.5, 0.6) is 17.2 Å². The SMILES string of the molecule is COc1ccc(NC(=O)COc2c(I)cc(/C=N\NC(=O)C(=O)Nc3c(C)cccc3C)cc2OC)cc1. The fourth-order valence-electron chi connectivity index (χ4n) is 3.36. The first-order valence-electron chi connectivity index (χ1n) is 11.4. The molecule has 0 saturated carbocycles. The minimum absolute atomic E-state index is 0.239. The van der Waals surface area contributed by atoms with Crippen molar-refractivity contribution in [3.8, 4) is 17.2 Å². The number of amides is 3. The molecule has 3 rings (SSSR count). The lowest BCUT2D eigenvalue weighted by atomic mass is 10.1. The Labute approximate surface area is 233 Å². The van der Waals surface area contributed by atoms with Gasteiger partial charge in [0.2, 0.25) is 0 Å². The van der Waals surface area contributed by atoms with Crippen molar-refractivity contribution in [3.05, 3.63) is 74.9 Å². The van der Waals surface area contributed by atoms with Crippen molar-refractivity contribution >= 4 is 57.9 Å². The molecule has 0 aromatic heterocycles. The van der Waals surface area contributed by atoms with Crippen molar-refractivity contribution in [2.75, 3.05) is 31.5 Å². The Morgan fingerprint density at radius 2 is 1.61 bits per heavy atom. The smallest absolute Gasteiger partial charge is 0.329 e. The van der Waals surface area contributed by atoms with Crippen LogP contribution in [0.25, 0.3) is 0 Å². The lowest BCUT2D eigenvalue weighted by molar-refractivity contribution is -0.136. The van der Waals surface area contributed by atoms with Gasteiger partial charge in [-0.25, -0.2) is 5.43 Å². The highest BCUT2D eigenvalue weighted by Crippen LogP contribution is 2.33. The number of nitrogens with one attached hydrogen (secondary N) is 3. The van der Waals surface area contributed by atoms with Crippen LogP contribution < -0.4 is 30.3 Å². The Hall–Kier alpha value is -4.13. The highest BCUT2D eigenvalue weighted by atomic mass is 127. The van der Waals surface area contributed by atoms with E-state index >= 15 is 0 Å². The molecular formula is C27H27IN4O6. The van der Waals surface area contributed by atoms with E-state index in [2.05, 4.69) is 21.2 Å². The second-order valence-corrected chi connectivity index (χ2v) is 9.18. The third kappa shape index (κ3) is 7.68. The fraction of sp³-hybridized carbons (Fsp3) is 0.185. The predicted molar refractivity (Wildman–Crippen MR) is 153 cm³/mol. The zero-order valence-electron chi connectivity index (χ0n) is 21.3. The molecule has 0 heterocycles. The summed E-state index contributed by atoms with van der Waals surface area (Å²) in [6, 6.07) is 15.8. The molecule has 3 aromatic rings. The molecule has 11 heteroatoms. The van der Waals surface area contributed by atoms with Crippen LogP contribution in [0, 0.1) is 17.4 Å². The molecule has 0 atom stereocenters. The molecule has 0 aliphatic rings. The molecule has 10 nitrogen and oxygen atoms in total. The van der Waals surface area contributed by atoms with E-state index in [1.807, 2.05) is 54.6 Å². The molecule has 0 unspecified atom stereocenters. The summed E-state index contributed by atoms with van der Waals surface area (Å²) in [6.45, 7) is 3.44. The van der Waals surface area contributed by atoms with Crippen molar-refractivity contribution in [3.63, 3.8) is 0 Å². The number of hydrogen-bond acceptors (Lipinski definition) is 7. The van der Waals surface area contributed by atoms with Crippen molar-refractivity contribution < 1.29 is 28.6 Å². The Balaban J connectivity index is 1.58. The largest absolute Gasteiger partial charge is 0.497 e. The first-order valence-corrected chi connectivity index (χ1v) is 12.4. The van der Waals surface area contributed by atoms with E-state index in [9.17, 15) is 14.4 Å². The minimum Gasteiger partial charge on any atom is -0.497 e. The Morgan fingerprint density at radius 3 is 2.24 bits per heavy atom. The molecule has 0 spiro atoms. The van der Waals surface area contributed by atoms with Crippen LogP contribution in [0.15, 0.2) is 59.7 Å². The van der Waals surface area contributed by atoms with Gasteiger partial charge in [0.05, 0.1) is 24.0 Å². The van der Waals surface area contributed by atoms with Crippen LogP contribution in [-0.4, -0.2) is 44.8 Å². The number of methoxy groups -OCH3 is 2. The van der Waals surface area contributed by atoms with E-state index in [4.69, 9.17) is 14.2 Å². The Kier molecular flexibility index (Phi) is 10.0. The van der Waals surface area contributed by atoms with E-state index in [-0.39, 0.29) is 12.5 Å². The Morgan fingerprint density at radius 1 is 0.921 bits per heavy atom. The molecule has 38 heavy (non-hydrogen) atoms. The van der Waals surface area contributed by atoms with E-state index in [0.29, 0.717) is 37.8 Å². The number of carbonyl (C=O) groups excluding carboxylic acids is 3. The summed E-state index contributed by atoms with van der Waals surface area (Å²) in [5.74, 6) is -0.651. The van der Waals surface area contributed by atoms with Gasteiger partial charge in [-0.3, -0.25) is 14.4 Å². The molecule has 0 saturated heterocycles. The fourth-order valence-corrected chi connectivity index (χ4v) is 4.14. The zero-order valence-corrected chi connectivity index (χ0v) is 23.4. The Bertz CT molecular complexity index is 1340. The number of nitrogens with zero attached hydrogens (tertiary/aromatic N) is 1. The predicted octanol–water partition coefficient (Wildman–Crippen LogP) is 4.03. The van der Waals surface area contributed by atoms with Gasteiger partial charge in [-0.2, -0.15) is 5.10 Å². The maximum atomic E-state index is 12.3. The van der Waals surface area contributed by atoms with Crippen LogP contribution in [0.1, 0.15) is 16.7 Å². The van der Waals surface area contributed by atoms with E-state index in [0.717, 1.165) is 11.1 Å². The number of rotatable bonds is 9. The van der Waals surface area contributed by atoms with Crippen molar-refractivity contribution in [1.82, 2.24) is 5.43 Å². The summed E-state index contributed by atoms with van der Waals surface area (Å²) in [7, 11) is 3.03. The van der Waals surface area contributed by atoms with Crippen LogP contribution in [0.4, 0.5) is 11.4 Å². The third-order valence-electron chi connectivity index (χ3n) is 5.28. The first-order chi connectivity index (χ1) is 18.2. The first kappa shape index (κ1) is 28.4. The number of para-hydroxylation sites is 1. The number of ether oxygens (including phenoxy) is 3.